The molecular formula is C16H25NO2. The molecule has 106 valence electrons. The summed E-state index contributed by atoms with van der Waals surface area (Å²) in [6.45, 7) is 9.32. The van der Waals surface area contributed by atoms with Crippen molar-refractivity contribution < 1.29 is 9.53 Å². The van der Waals surface area contributed by atoms with Crippen LogP contribution in [0.2, 0.25) is 0 Å². The summed E-state index contributed by atoms with van der Waals surface area (Å²) in [6.07, 6.45) is 1.32. The van der Waals surface area contributed by atoms with Crippen LogP contribution in [0.4, 0.5) is 0 Å². The highest BCUT2D eigenvalue weighted by Gasteiger charge is 2.19. The lowest BCUT2D eigenvalue weighted by Gasteiger charge is -2.26. The Labute approximate surface area is 116 Å². The number of nitrogens with one attached hydrogen (secondary N) is 1. The van der Waals surface area contributed by atoms with E-state index in [1.54, 1.807) is 0 Å². The molecule has 1 N–H and O–H groups in total. The van der Waals surface area contributed by atoms with Gasteiger partial charge in [0.1, 0.15) is 6.61 Å². The monoisotopic (exact) mass is 263 g/mol. The lowest BCUT2D eigenvalue weighted by Crippen LogP contribution is -2.43. The summed E-state index contributed by atoms with van der Waals surface area (Å²) in [7, 11) is 0. The summed E-state index contributed by atoms with van der Waals surface area (Å²) in [5, 5.41) is 3.42. The SMILES string of the molecule is CCCC(=O)OCC(C)(C)NCc1cccc(C)c1. The fourth-order valence-corrected chi connectivity index (χ4v) is 1.75. The smallest absolute Gasteiger partial charge is 0.305 e. The third-order valence-electron chi connectivity index (χ3n) is 2.90. The fraction of sp³-hybridized carbons (Fsp3) is 0.562. The summed E-state index contributed by atoms with van der Waals surface area (Å²) in [5.41, 5.74) is 2.28. The molecule has 0 saturated carbocycles. The van der Waals surface area contributed by atoms with Gasteiger partial charge in [-0.25, -0.2) is 0 Å². The maximum absolute atomic E-state index is 11.4. The topological polar surface area (TPSA) is 38.3 Å². The first-order valence-corrected chi connectivity index (χ1v) is 6.89. The van der Waals surface area contributed by atoms with Crippen molar-refractivity contribution in [2.75, 3.05) is 6.61 Å². The molecule has 1 rings (SSSR count). The zero-order valence-corrected chi connectivity index (χ0v) is 12.5. The van der Waals surface area contributed by atoms with Crippen molar-refractivity contribution >= 4 is 5.97 Å². The van der Waals surface area contributed by atoms with Gasteiger partial charge in [0.05, 0.1) is 0 Å². The van der Waals surface area contributed by atoms with E-state index in [9.17, 15) is 4.79 Å². The van der Waals surface area contributed by atoms with E-state index in [4.69, 9.17) is 4.74 Å². The zero-order chi connectivity index (χ0) is 14.3. The van der Waals surface area contributed by atoms with Crippen LogP contribution < -0.4 is 5.32 Å². The fourth-order valence-electron chi connectivity index (χ4n) is 1.75. The average Bonchev–Trinajstić information content (AvgIpc) is 2.35. The highest BCUT2D eigenvalue weighted by atomic mass is 16.5. The van der Waals surface area contributed by atoms with E-state index < -0.39 is 0 Å². The van der Waals surface area contributed by atoms with Crippen molar-refractivity contribution in [2.24, 2.45) is 0 Å². The molecule has 0 saturated heterocycles. The first-order chi connectivity index (χ1) is 8.93. The van der Waals surface area contributed by atoms with Gasteiger partial charge in [-0.2, -0.15) is 0 Å². The average molecular weight is 263 g/mol. The van der Waals surface area contributed by atoms with E-state index in [0.717, 1.165) is 13.0 Å². The lowest BCUT2D eigenvalue weighted by molar-refractivity contribution is -0.145. The van der Waals surface area contributed by atoms with E-state index in [1.807, 2.05) is 20.8 Å². The quantitative estimate of drug-likeness (QED) is 0.768. The second-order valence-electron chi connectivity index (χ2n) is 5.64. The van der Waals surface area contributed by atoms with Crippen LogP contribution in [0.3, 0.4) is 0 Å². The molecule has 19 heavy (non-hydrogen) atoms. The molecule has 0 radical (unpaired) electrons. The Morgan fingerprint density at radius 3 is 2.74 bits per heavy atom. The van der Waals surface area contributed by atoms with Crippen LogP contribution in [0.15, 0.2) is 24.3 Å². The van der Waals surface area contributed by atoms with Crippen LogP contribution in [0.1, 0.15) is 44.7 Å². The van der Waals surface area contributed by atoms with Gasteiger partial charge in [-0.15, -0.1) is 0 Å². The van der Waals surface area contributed by atoms with Crippen molar-refractivity contribution in [3.05, 3.63) is 35.4 Å². The van der Waals surface area contributed by atoms with Gasteiger partial charge in [-0.05, 0) is 32.8 Å². The third-order valence-corrected chi connectivity index (χ3v) is 2.90. The molecule has 0 fully saturated rings. The Bertz CT molecular complexity index is 413. The van der Waals surface area contributed by atoms with Crippen molar-refractivity contribution in [1.82, 2.24) is 5.32 Å². The Morgan fingerprint density at radius 2 is 2.11 bits per heavy atom. The highest BCUT2D eigenvalue weighted by Crippen LogP contribution is 2.08. The van der Waals surface area contributed by atoms with E-state index in [2.05, 4.69) is 36.5 Å². The van der Waals surface area contributed by atoms with Gasteiger partial charge in [-0.1, -0.05) is 36.8 Å². The minimum Gasteiger partial charge on any atom is -0.464 e. The van der Waals surface area contributed by atoms with Crippen LogP contribution in [0.5, 0.6) is 0 Å². The molecule has 0 heterocycles. The van der Waals surface area contributed by atoms with Crippen LogP contribution in [-0.2, 0) is 16.1 Å². The minimum atomic E-state index is -0.215. The molecule has 0 bridgehead atoms. The van der Waals surface area contributed by atoms with Gasteiger partial charge in [0, 0.05) is 18.5 Å². The Kier molecular flexibility index (Phi) is 6.03. The largest absolute Gasteiger partial charge is 0.464 e. The molecule has 0 spiro atoms. The molecule has 0 aromatic heterocycles. The van der Waals surface area contributed by atoms with E-state index in [-0.39, 0.29) is 11.5 Å². The van der Waals surface area contributed by atoms with Gasteiger partial charge in [0.2, 0.25) is 0 Å². The third kappa shape index (κ3) is 6.39. The molecule has 0 unspecified atom stereocenters. The number of esters is 1. The number of carbonyl (C=O) groups is 1. The first kappa shape index (κ1) is 15.7. The second-order valence-corrected chi connectivity index (χ2v) is 5.64. The van der Waals surface area contributed by atoms with Crippen molar-refractivity contribution in [1.29, 1.82) is 0 Å². The number of hydrogen-bond acceptors (Lipinski definition) is 3. The Balaban J connectivity index is 2.40. The number of benzene rings is 1. The van der Waals surface area contributed by atoms with Gasteiger partial charge in [0.25, 0.3) is 0 Å². The molecular weight excluding hydrogens is 238 g/mol. The predicted molar refractivity (Wildman–Crippen MR) is 78.0 cm³/mol. The van der Waals surface area contributed by atoms with E-state index in [1.165, 1.54) is 11.1 Å². The van der Waals surface area contributed by atoms with E-state index in [0.29, 0.717) is 13.0 Å². The summed E-state index contributed by atoms with van der Waals surface area (Å²) >= 11 is 0. The molecule has 0 aliphatic rings. The maximum atomic E-state index is 11.4. The predicted octanol–water partition coefficient (Wildman–Crippen LogP) is 3.21. The minimum absolute atomic E-state index is 0.118. The zero-order valence-electron chi connectivity index (χ0n) is 12.5. The molecule has 0 amide bonds. The Morgan fingerprint density at radius 1 is 1.37 bits per heavy atom. The summed E-state index contributed by atoms with van der Waals surface area (Å²) in [6, 6.07) is 8.40. The molecule has 0 atom stereocenters. The molecule has 1 aromatic carbocycles. The normalized spacial score (nSPS) is 11.4. The molecule has 1 aromatic rings. The number of ether oxygens (including phenoxy) is 1. The van der Waals surface area contributed by atoms with Crippen LogP contribution in [-0.4, -0.2) is 18.1 Å². The van der Waals surface area contributed by atoms with Gasteiger partial charge >= 0.3 is 5.97 Å². The number of aryl methyl sites for hydroxylation is 1. The second kappa shape index (κ2) is 7.29. The summed E-state index contributed by atoms with van der Waals surface area (Å²) < 4.78 is 5.26. The first-order valence-electron chi connectivity index (χ1n) is 6.89. The molecule has 0 aliphatic carbocycles. The molecule has 3 nitrogen and oxygen atoms in total. The van der Waals surface area contributed by atoms with Crippen molar-refractivity contribution in [3.63, 3.8) is 0 Å². The molecule has 3 heteroatoms. The van der Waals surface area contributed by atoms with E-state index >= 15 is 0 Å². The van der Waals surface area contributed by atoms with Crippen molar-refractivity contribution in [3.8, 4) is 0 Å². The van der Waals surface area contributed by atoms with Crippen molar-refractivity contribution in [2.45, 2.75) is 52.6 Å². The van der Waals surface area contributed by atoms with Crippen LogP contribution in [0, 0.1) is 6.92 Å². The van der Waals surface area contributed by atoms with Gasteiger partial charge in [-0.3, -0.25) is 4.79 Å². The van der Waals surface area contributed by atoms with Gasteiger partial charge < -0.3 is 10.1 Å². The maximum Gasteiger partial charge on any atom is 0.305 e. The lowest BCUT2D eigenvalue weighted by atomic mass is 10.1. The Hall–Kier alpha value is -1.35. The van der Waals surface area contributed by atoms with Gasteiger partial charge in [0.15, 0.2) is 0 Å². The number of rotatable bonds is 7. The van der Waals surface area contributed by atoms with Crippen LogP contribution >= 0.6 is 0 Å². The number of hydrogen-bond donors (Lipinski definition) is 1. The number of carbonyl (C=O) groups excluding carboxylic acids is 1. The molecule has 0 aliphatic heterocycles. The summed E-state index contributed by atoms with van der Waals surface area (Å²) in [5.74, 6) is -0.118. The highest BCUT2D eigenvalue weighted by molar-refractivity contribution is 5.69. The standard InChI is InChI=1S/C16H25NO2/c1-5-7-15(18)19-12-16(3,4)17-11-14-9-6-8-13(2)10-14/h6,8-10,17H,5,7,11-12H2,1-4H3. The van der Waals surface area contributed by atoms with Crippen LogP contribution in [0.25, 0.3) is 0 Å². The summed E-state index contributed by atoms with van der Waals surface area (Å²) in [4.78, 5) is 11.4.